The fourth-order valence-electron chi connectivity index (χ4n) is 4.78. The summed E-state index contributed by atoms with van der Waals surface area (Å²) < 4.78 is 10.9. The molecular formula is C22H32N4O2. The molecule has 1 aromatic heterocycles. The number of hydrogen-bond acceptors (Lipinski definition) is 6. The molecule has 6 nitrogen and oxygen atoms in total. The van der Waals surface area contributed by atoms with E-state index in [2.05, 4.69) is 44.3 Å². The molecule has 1 fully saturated rings. The monoisotopic (exact) mass is 384 g/mol. The Hall–Kier alpha value is -1.76. The van der Waals surface area contributed by atoms with Crippen molar-refractivity contribution < 1.29 is 9.15 Å². The average Bonchev–Trinajstić information content (AvgIpc) is 3.32. The smallest absolute Gasteiger partial charge is 0.230 e. The van der Waals surface area contributed by atoms with Crippen LogP contribution in [0.25, 0.3) is 0 Å². The molecule has 0 bridgehead atoms. The van der Waals surface area contributed by atoms with Crippen LogP contribution < -0.4 is 0 Å². The molecule has 4 rings (SSSR count). The second-order valence-electron chi connectivity index (χ2n) is 8.28. The molecule has 0 amide bonds. The summed E-state index contributed by atoms with van der Waals surface area (Å²) >= 11 is 0. The van der Waals surface area contributed by atoms with Crippen molar-refractivity contribution in [2.24, 2.45) is 5.92 Å². The average molecular weight is 385 g/mol. The lowest BCUT2D eigenvalue weighted by Gasteiger charge is -2.38. The molecule has 1 atom stereocenters. The van der Waals surface area contributed by atoms with Crippen molar-refractivity contribution in [3.8, 4) is 0 Å². The van der Waals surface area contributed by atoms with Crippen molar-refractivity contribution in [2.45, 2.75) is 45.2 Å². The molecule has 2 aromatic rings. The molecule has 0 radical (unpaired) electrons. The number of piperidine rings is 1. The van der Waals surface area contributed by atoms with Gasteiger partial charge in [0, 0.05) is 39.7 Å². The second kappa shape index (κ2) is 9.16. The number of nitrogens with zero attached hydrogens (tertiary/aromatic N) is 4. The van der Waals surface area contributed by atoms with Crippen LogP contribution in [-0.2, 0) is 24.1 Å². The van der Waals surface area contributed by atoms with Gasteiger partial charge in [0.25, 0.3) is 0 Å². The summed E-state index contributed by atoms with van der Waals surface area (Å²) in [5.41, 5.74) is 3.09. The zero-order valence-electron chi connectivity index (χ0n) is 17.1. The third kappa shape index (κ3) is 4.80. The molecule has 2 heterocycles. The van der Waals surface area contributed by atoms with Crippen LogP contribution in [0, 0.1) is 12.8 Å². The number of rotatable bonds is 8. The minimum absolute atomic E-state index is 0.631. The lowest BCUT2D eigenvalue weighted by molar-refractivity contribution is 0.0807. The van der Waals surface area contributed by atoms with Gasteiger partial charge in [-0.25, -0.2) is 0 Å². The molecule has 0 unspecified atom stereocenters. The number of likely N-dealkylation sites (tertiary alicyclic amines) is 1. The van der Waals surface area contributed by atoms with E-state index < -0.39 is 0 Å². The van der Waals surface area contributed by atoms with Gasteiger partial charge in [0.1, 0.15) is 0 Å². The van der Waals surface area contributed by atoms with Gasteiger partial charge < -0.3 is 9.15 Å². The summed E-state index contributed by atoms with van der Waals surface area (Å²) in [7, 11) is 1.76. The van der Waals surface area contributed by atoms with Gasteiger partial charge in [-0.15, -0.1) is 10.2 Å². The molecule has 0 N–H and O–H groups in total. The summed E-state index contributed by atoms with van der Waals surface area (Å²) in [6.07, 6.45) is 4.99. The zero-order chi connectivity index (χ0) is 19.3. The first-order valence-electron chi connectivity index (χ1n) is 10.5. The van der Waals surface area contributed by atoms with Gasteiger partial charge >= 0.3 is 0 Å². The van der Waals surface area contributed by atoms with E-state index in [-0.39, 0.29) is 0 Å². The maximum absolute atomic E-state index is 5.61. The fraction of sp³-hybridized carbons (Fsp3) is 0.636. The van der Waals surface area contributed by atoms with Crippen LogP contribution in [0.1, 0.15) is 35.7 Å². The Morgan fingerprint density at radius 2 is 2.00 bits per heavy atom. The molecule has 2 aliphatic rings. The topological polar surface area (TPSA) is 54.6 Å². The Balaban J connectivity index is 1.34. The number of methoxy groups -OCH3 is 1. The molecule has 152 valence electrons. The summed E-state index contributed by atoms with van der Waals surface area (Å²) in [5, 5.41) is 8.15. The number of aryl methyl sites for hydroxylation is 1. The Labute approximate surface area is 167 Å². The molecule has 0 saturated carbocycles. The van der Waals surface area contributed by atoms with Crippen molar-refractivity contribution >= 4 is 0 Å². The highest BCUT2D eigenvalue weighted by Crippen LogP contribution is 2.29. The minimum Gasteiger partial charge on any atom is -0.424 e. The standard InChI is InChI=1S/C22H32N4O2/c1-17-23-24-22(28-17)16-25(10-11-27-2)14-18-6-5-9-26(15-18)21-12-19-7-3-4-8-20(19)13-21/h3-4,7-8,18,21H,5-6,9-16H2,1-2H3/t18-/m1/s1. The Kier molecular flexibility index (Phi) is 6.40. The van der Waals surface area contributed by atoms with Crippen LogP contribution >= 0.6 is 0 Å². The van der Waals surface area contributed by atoms with Crippen LogP contribution in [0.2, 0.25) is 0 Å². The largest absolute Gasteiger partial charge is 0.424 e. The Morgan fingerprint density at radius 1 is 1.21 bits per heavy atom. The predicted molar refractivity (Wildman–Crippen MR) is 108 cm³/mol. The SMILES string of the molecule is COCCN(Cc1nnc(C)o1)C[C@H]1CCCN(C2Cc3ccccc3C2)C1. The van der Waals surface area contributed by atoms with Crippen LogP contribution in [0.15, 0.2) is 28.7 Å². The van der Waals surface area contributed by atoms with Crippen LogP contribution in [-0.4, -0.2) is 65.9 Å². The van der Waals surface area contributed by atoms with Gasteiger partial charge in [0.15, 0.2) is 0 Å². The highest BCUT2D eigenvalue weighted by molar-refractivity contribution is 5.33. The summed E-state index contributed by atoms with van der Waals surface area (Å²) in [6.45, 7) is 7.64. The number of fused-ring (bicyclic) bond motifs is 1. The van der Waals surface area contributed by atoms with Gasteiger partial charge in [-0.3, -0.25) is 9.80 Å². The first-order valence-corrected chi connectivity index (χ1v) is 10.5. The van der Waals surface area contributed by atoms with E-state index in [0.29, 0.717) is 30.3 Å². The maximum Gasteiger partial charge on any atom is 0.230 e. The van der Waals surface area contributed by atoms with Crippen molar-refractivity contribution in [2.75, 3.05) is 39.9 Å². The third-order valence-corrected chi connectivity index (χ3v) is 6.15. The van der Waals surface area contributed by atoms with Crippen LogP contribution in [0.3, 0.4) is 0 Å². The molecule has 1 aromatic carbocycles. The van der Waals surface area contributed by atoms with Gasteiger partial charge in [0.2, 0.25) is 11.8 Å². The van der Waals surface area contributed by atoms with E-state index in [1.807, 2.05) is 6.92 Å². The normalized spacial score (nSPS) is 20.8. The van der Waals surface area contributed by atoms with E-state index >= 15 is 0 Å². The summed E-state index contributed by atoms with van der Waals surface area (Å²) in [6, 6.07) is 9.62. The van der Waals surface area contributed by atoms with Gasteiger partial charge in [-0.2, -0.15) is 0 Å². The third-order valence-electron chi connectivity index (χ3n) is 6.15. The second-order valence-corrected chi connectivity index (χ2v) is 8.28. The van der Waals surface area contributed by atoms with Crippen molar-refractivity contribution in [1.82, 2.24) is 20.0 Å². The lowest BCUT2D eigenvalue weighted by atomic mass is 9.95. The molecule has 1 aliphatic heterocycles. The molecule has 28 heavy (non-hydrogen) atoms. The molecular weight excluding hydrogens is 352 g/mol. The van der Waals surface area contributed by atoms with E-state index in [9.17, 15) is 0 Å². The van der Waals surface area contributed by atoms with Crippen LogP contribution in [0.4, 0.5) is 0 Å². The summed E-state index contributed by atoms with van der Waals surface area (Å²) in [4.78, 5) is 5.15. The maximum atomic E-state index is 5.61. The molecule has 6 heteroatoms. The molecule has 0 spiro atoms. The van der Waals surface area contributed by atoms with Gasteiger partial charge in [-0.05, 0) is 49.3 Å². The van der Waals surface area contributed by atoms with E-state index in [0.717, 1.165) is 19.7 Å². The van der Waals surface area contributed by atoms with Gasteiger partial charge in [-0.1, -0.05) is 24.3 Å². The van der Waals surface area contributed by atoms with Crippen molar-refractivity contribution in [3.63, 3.8) is 0 Å². The van der Waals surface area contributed by atoms with Crippen LogP contribution in [0.5, 0.6) is 0 Å². The number of aromatic nitrogens is 2. The number of ether oxygens (including phenoxy) is 1. The lowest BCUT2D eigenvalue weighted by Crippen LogP contribution is -2.46. The van der Waals surface area contributed by atoms with Gasteiger partial charge in [0.05, 0.1) is 13.2 Å². The van der Waals surface area contributed by atoms with E-state index in [4.69, 9.17) is 9.15 Å². The first kappa shape index (κ1) is 19.6. The van der Waals surface area contributed by atoms with Crippen molar-refractivity contribution in [1.29, 1.82) is 0 Å². The first-order chi connectivity index (χ1) is 13.7. The highest BCUT2D eigenvalue weighted by Gasteiger charge is 2.31. The summed E-state index contributed by atoms with van der Waals surface area (Å²) in [5.74, 6) is 2.01. The molecule has 1 aliphatic carbocycles. The number of benzene rings is 1. The van der Waals surface area contributed by atoms with Crippen molar-refractivity contribution in [3.05, 3.63) is 47.2 Å². The zero-order valence-corrected chi connectivity index (χ0v) is 17.1. The van der Waals surface area contributed by atoms with E-state index in [1.54, 1.807) is 18.2 Å². The van der Waals surface area contributed by atoms with E-state index in [1.165, 1.54) is 38.8 Å². The molecule has 1 saturated heterocycles. The highest BCUT2D eigenvalue weighted by atomic mass is 16.5. The minimum atomic E-state index is 0.631. The fourth-order valence-corrected chi connectivity index (χ4v) is 4.78. The Morgan fingerprint density at radius 3 is 2.68 bits per heavy atom. The number of hydrogen-bond donors (Lipinski definition) is 0. The Bertz CT molecular complexity index is 737. The predicted octanol–water partition coefficient (Wildman–Crippen LogP) is 2.71. The quantitative estimate of drug-likeness (QED) is 0.698.